The second-order valence-electron chi connectivity index (χ2n) is 8.35. The summed E-state index contributed by atoms with van der Waals surface area (Å²) in [4.78, 5) is 28.0. The normalized spacial score (nSPS) is 14.1. The SMILES string of the molecule is O=C(O)OC1CCOc2cc(Oc3ccc(C(=O)Nc4cc(-c5ccc(Cl)cc5)ccn4)cc3)c(Cl)cc21. The van der Waals surface area contributed by atoms with Gasteiger partial charge in [0.25, 0.3) is 5.91 Å². The van der Waals surface area contributed by atoms with Gasteiger partial charge < -0.3 is 24.6 Å². The third kappa shape index (κ3) is 5.82. The molecule has 1 aliphatic rings. The maximum absolute atomic E-state index is 12.8. The van der Waals surface area contributed by atoms with E-state index in [1.54, 1.807) is 60.8 Å². The number of carbonyl (C=O) groups is 2. The number of benzene rings is 3. The van der Waals surface area contributed by atoms with Gasteiger partial charge in [-0.2, -0.15) is 0 Å². The minimum atomic E-state index is -1.37. The summed E-state index contributed by atoms with van der Waals surface area (Å²) in [7, 11) is 0. The van der Waals surface area contributed by atoms with E-state index in [4.69, 9.17) is 42.5 Å². The molecule has 8 nitrogen and oxygen atoms in total. The van der Waals surface area contributed by atoms with E-state index in [1.807, 2.05) is 18.2 Å². The number of carboxylic acid groups (broad SMARTS) is 1. The number of fused-ring (bicyclic) bond motifs is 1. The summed E-state index contributed by atoms with van der Waals surface area (Å²) in [6, 6.07) is 20.7. The van der Waals surface area contributed by atoms with Crippen molar-refractivity contribution >= 4 is 41.1 Å². The van der Waals surface area contributed by atoms with Crippen molar-refractivity contribution in [2.24, 2.45) is 0 Å². The molecule has 3 aromatic carbocycles. The van der Waals surface area contributed by atoms with Crippen LogP contribution in [0.25, 0.3) is 11.1 Å². The van der Waals surface area contributed by atoms with Crippen LogP contribution >= 0.6 is 23.2 Å². The number of anilines is 1. The molecule has 0 saturated carbocycles. The minimum absolute atomic E-state index is 0.265. The fourth-order valence-electron chi connectivity index (χ4n) is 3.99. The van der Waals surface area contributed by atoms with E-state index in [9.17, 15) is 9.59 Å². The number of nitrogens with one attached hydrogen (secondary N) is 1. The van der Waals surface area contributed by atoms with Crippen LogP contribution in [0.15, 0.2) is 79.0 Å². The molecule has 38 heavy (non-hydrogen) atoms. The molecule has 10 heteroatoms. The number of halogens is 2. The van der Waals surface area contributed by atoms with Gasteiger partial charge in [-0.1, -0.05) is 35.3 Å². The third-order valence-corrected chi connectivity index (χ3v) is 6.36. The Morgan fingerprint density at radius 2 is 1.74 bits per heavy atom. The fourth-order valence-corrected chi connectivity index (χ4v) is 4.33. The van der Waals surface area contributed by atoms with E-state index in [0.717, 1.165) is 11.1 Å². The number of ether oxygens (including phenoxy) is 3. The topological polar surface area (TPSA) is 107 Å². The zero-order valence-electron chi connectivity index (χ0n) is 19.7. The number of amides is 1. The zero-order chi connectivity index (χ0) is 26.6. The second-order valence-corrected chi connectivity index (χ2v) is 9.19. The first kappa shape index (κ1) is 25.4. The molecule has 1 aliphatic heterocycles. The van der Waals surface area contributed by atoms with Gasteiger partial charge in [0.1, 0.15) is 29.2 Å². The molecule has 0 bridgehead atoms. The van der Waals surface area contributed by atoms with Gasteiger partial charge in [-0.15, -0.1) is 0 Å². The quantitative estimate of drug-likeness (QED) is 0.238. The van der Waals surface area contributed by atoms with Crippen molar-refractivity contribution in [2.45, 2.75) is 12.5 Å². The summed E-state index contributed by atoms with van der Waals surface area (Å²) in [6.07, 6.45) is -0.0193. The van der Waals surface area contributed by atoms with Crippen LogP contribution in [-0.2, 0) is 4.74 Å². The van der Waals surface area contributed by atoms with Crippen molar-refractivity contribution in [1.29, 1.82) is 0 Å². The molecular weight excluding hydrogens is 531 g/mol. The molecule has 0 spiro atoms. The van der Waals surface area contributed by atoms with Crippen molar-refractivity contribution in [2.75, 3.05) is 11.9 Å². The van der Waals surface area contributed by atoms with Crippen LogP contribution in [0.1, 0.15) is 28.4 Å². The van der Waals surface area contributed by atoms with E-state index >= 15 is 0 Å². The molecule has 1 amide bonds. The second kappa shape index (κ2) is 11.0. The number of hydrogen-bond acceptors (Lipinski definition) is 6. The lowest BCUT2D eigenvalue weighted by Crippen LogP contribution is -2.18. The lowest BCUT2D eigenvalue weighted by atomic mass is 10.0. The van der Waals surface area contributed by atoms with Gasteiger partial charge in [0, 0.05) is 34.8 Å². The summed E-state index contributed by atoms with van der Waals surface area (Å²) >= 11 is 12.4. The highest BCUT2D eigenvalue weighted by Gasteiger charge is 2.27. The summed E-state index contributed by atoms with van der Waals surface area (Å²) in [5.41, 5.74) is 2.79. The molecule has 4 aromatic rings. The van der Waals surface area contributed by atoms with Crippen molar-refractivity contribution in [3.63, 3.8) is 0 Å². The molecule has 5 rings (SSSR count). The van der Waals surface area contributed by atoms with Gasteiger partial charge in [-0.25, -0.2) is 9.78 Å². The van der Waals surface area contributed by atoms with Crippen molar-refractivity contribution in [3.05, 3.63) is 100 Å². The van der Waals surface area contributed by atoms with Crippen LogP contribution in [0.4, 0.5) is 10.6 Å². The highest BCUT2D eigenvalue weighted by atomic mass is 35.5. The van der Waals surface area contributed by atoms with Crippen LogP contribution in [0.2, 0.25) is 10.0 Å². The molecule has 2 N–H and O–H groups in total. The van der Waals surface area contributed by atoms with E-state index in [2.05, 4.69) is 10.3 Å². The lowest BCUT2D eigenvalue weighted by molar-refractivity contribution is 0.0326. The lowest BCUT2D eigenvalue weighted by Gasteiger charge is -2.25. The highest BCUT2D eigenvalue weighted by Crippen LogP contribution is 2.42. The first-order valence-corrected chi connectivity index (χ1v) is 12.3. The maximum Gasteiger partial charge on any atom is 0.506 e. The number of hydrogen-bond donors (Lipinski definition) is 2. The van der Waals surface area contributed by atoms with Crippen molar-refractivity contribution in [1.82, 2.24) is 4.98 Å². The molecular formula is C28H20Cl2N2O6. The van der Waals surface area contributed by atoms with Crippen LogP contribution in [-0.4, -0.2) is 28.8 Å². The molecule has 0 saturated heterocycles. The Bertz CT molecular complexity index is 1490. The summed E-state index contributed by atoms with van der Waals surface area (Å²) in [6.45, 7) is 0.299. The minimum Gasteiger partial charge on any atom is -0.493 e. The van der Waals surface area contributed by atoms with Crippen LogP contribution in [0.5, 0.6) is 17.2 Å². The molecule has 192 valence electrons. The summed E-state index contributed by atoms with van der Waals surface area (Å²) < 4.78 is 16.5. The van der Waals surface area contributed by atoms with Crippen molar-refractivity contribution in [3.8, 4) is 28.4 Å². The number of carbonyl (C=O) groups excluding carboxylic acids is 1. The Morgan fingerprint density at radius 3 is 2.47 bits per heavy atom. The first-order chi connectivity index (χ1) is 18.4. The molecule has 2 heterocycles. The average molecular weight is 551 g/mol. The van der Waals surface area contributed by atoms with Gasteiger partial charge >= 0.3 is 6.16 Å². The van der Waals surface area contributed by atoms with E-state index in [0.29, 0.717) is 52.2 Å². The van der Waals surface area contributed by atoms with E-state index < -0.39 is 12.3 Å². The van der Waals surface area contributed by atoms with E-state index in [-0.39, 0.29) is 10.9 Å². The predicted molar refractivity (Wildman–Crippen MR) is 143 cm³/mol. The third-order valence-electron chi connectivity index (χ3n) is 5.82. The average Bonchev–Trinajstić information content (AvgIpc) is 2.90. The van der Waals surface area contributed by atoms with Gasteiger partial charge in [-0.3, -0.25) is 4.79 Å². The number of pyridine rings is 1. The monoisotopic (exact) mass is 550 g/mol. The molecule has 1 aromatic heterocycles. The molecule has 0 fully saturated rings. The Kier molecular flexibility index (Phi) is 7.35. The van der Waals surface area contributed by atoms with E-state index in [1.165, 1.54) is 0 Å². The summed E-state index contributed by atoms with van der Waals surface area (Å²) in [5.74, 6) is 1.28. The van der Waals surface area contributed by atoms with Crippen LogP contribution < -0.4 is 14.8 Å². The largest absolute Gasteiger partial charge is 0.506 e. The molecule has 0 aliphatic carbocycles. The Hall–Kier alpha value is -4.27. The number of nitrogens with zero attached hydrogens (tertiary/aromatic N) is 1. The Morgan fingerprint density at radius 1 is 0.974 bits per heavy atom. The zero-order valence-corrected chi connectivity index (χ0v) is 21.2. The number of aromatic nitrogens is 1. The molecule has 0 radical (unpaired) electrons. The van der Waals surface area contributed by atoms with Crippen LogP contribution in [0, 0.1) is 0 Å². The predicted octanol–water partition coefficient (Wildman–Crippen LogP) is 7.62. The maximum atomic E-state index is 12.8. The summed E-state index contributed by atoms with van der Waals surface area (Å²) in [5, 5.41) is 12.7. The van der Waals surface area contributed by atoms with Crippen molar-refractivity contribution < 1.29 is 28.9 Å². The van der Waals surface area contributed by atoms with Gasteiger partial charge in [-0.05, 0) is 65.7 Å². The molecule has 1 unspecified atom stereocenters. The fraction of sp³-hybridized carbons (Fsp3) is 0.107. The van der Waals surface area contributed by atoms with Gasteiger partial charge in [0.2, 0.25) is 0 Å². The first-order valence-electron chi connectivity index (χ1n) is 11.5. The Balaban J connectivity index is 1.27. The smallest absolute Gasteiger partial charge is 0.493 e. The standard InChI is InChI=1S/C28H20Cl2N2O6/c29-19-5-1-16(2-6-19)18-9-11-31-26(13-18)32-27(33)17-3-7-20(8-4-17)37-25-15-24-21(14-22(25)30)23(10-12-36-24)38-28(34)35/h1-9,11,13-15,23H,10,12H2,(H,34,35)(H,31,32,33). The van der Waals surface area contributed by atoms with Gasteiger partial charge in [0.05, 0.1) is 11.6 Å². The van der Waals surface area contributed by atoms with Gasteiger partial charge in [0.15, 0.2) is 0 Å². The molecule has 1 atom stereocenters. The number of rotatable bonds is 6. The Labute approximate surface area is 227 Å². The van der Waals surface area contributed by atoms with Crippen LogP contribution in [0.3, 0.4) is 0 Å². The highest BCUT2D eigenvalue weighted by molar-refractivity contribution is 6.32.